The van der Waals surface area contributed by atoms with Gasteiger partial charge in [0.25, 0.3) is 0 Å². The SMILES string of the molecule is CCC(C)N1CCN(CCC(C)(N)CO)CC1. The molecule has 0 spiro atoms. The Morgan fingerprint density at radius 1 is 1.29 bits per heavy atom. The first kappa shape index (κ1) is 14.9. The lowest BCUT2D eigenvalue weighted by atomic mass is 10.0. The number of nitrogens with two attached hydrogens (primary N) is 1. The van der Waals surface area contributed by atoms with Crippen LogP contribution in [0.3, 0.4) is 0 Å². The zero-order valence-corrected chi connectivity index (χ0v) is 11.7. The first-order valence-electron chi connectivity index (χ1n) is 6.84. The van der Waals surface area contributed by atoms with Crippen LogP contribution in [0.15, 0.2) is 0 Å². The summed E-state index contributed by atoms with van der Waals surface area (Å²) in [4.78, 5) is 5.02. The maximum Gasteiger partial charge on any atom is 0.0608 e. The van der Waals surface area contributed by atoms with E-state index in [2.05, 4.69) is 23.6 Å². The van der Waals surface area contributed by atoms with Crippen LogP contribution < -0.4 is 5.73 Å². The first-order chi connectivity index (χ1) is 7.98. The Balaban J connectivity index is 2.23. The van der Waals surface area contributed by atoms with E-state index in [-0.39, 0.29) is 6.61 Å². The van der Waals surface area contributed by atoms with E-state index in [9.17, 15) is 0 Å². The molecule has 0 amide bonds. The van der Waals surface area contributed by atoms with Crippen molar-refractivity contribution in [3.63, 3.8) is 0 Å². The third-order valence-corrected chi connectivity index (χ3v) is 3.98. The lowest BCUT2D eigenvalue weighted by molar-refractivity contribution is 0.0908. The highest BCUT2D eigenvalue weighted by Crippen LogP contribution is 2.11. The minimum Gasteiger partial charge on any atom is -0.394 e. The van der Waals surface area contributed by atoms with Gasteiger partial charge in [0, 0.05) is 44.3 Å². The molecule has 102 valence electrons. The molecular formula is C13H29N3O. The van der Waals surface area contributed by atoms with Crippen molar-refractivity contribution in [2.45, 2.75) is 45.2 Å². The molecule has 2 unspecified atom stereocenters. The maximum atomic E-state index is 9.12. The first-order valence-corrected chi connectivity index (χ1v) is 6.84. The monoisotopic (exact) mass is 243 g/mol. The van der Waals surface area contributed by atoms with Crippen LogP contribution in [0.5, 0.6) is 0 Å². The Hall–Kier alpha value is -0.160. The van der Waals surface area contributed by atoms with Gasteiger partial charge < -0.3 is 15.7 Å². The molecule has 1 rings (SSSR count). The Morgan fingerprint density at radius 3 is 2.35 bits per heavy atom. The van der Waals surface area contributed by atoms with Crippen LogP contribution in [-0.4, -0.2) is 65.8 Å². The van der Waals surface area contributed by atoms with Gasteiger partial charge in [0.05, 0.1) is 6.61 Å². The molecule has 1 aliphatic rings. The van der Waals surface area contributed by atoms with Crippen molar-refractivity contribution in [3.05, 3.63) is 0 Å². The van der Waals surface area contributed by atoms with E-state index in [4.69, 9.17) is 10.8 Å². The van der Waals surface area contributed by atoms with Crippen LogP contribution >= 0.6 is 0 Å². The van der Waals surface area contributed by atoms with Gasteiger partial charge in [0.2, 0.25) is 0 Å². The predicted octanol–water partition coefficient (Wildman–Crippen LogP) is 0.502. The van der Waals surface area contributed by atoms with Crippen molar-refractivity contribution in [2.75, 3.05) is 39.3 Å². The fourth-order valence-electron chi connectivity index (χ4n) is 2.18. The Labute approximate surface area is 106 Å². The van der Waals surface area contributed by atoms with Gasteiger partial charge in [-0.2, -0.15) is 0 Å². The lowest BCUT2D eigenvalue weighted by Gasteiger charge is -2.38. The zero-order chi connectivity index (χ0) is 12.9. The van der Waals surface area contributed by atoms with Gasteiger partial charge in [0.1, 0.15) is 0 Å². The second kappa shape index (κ2) is 6.69. The van der Waals surface area contributed by atoms with Crippen LogP contribution in [0.1, 0.15) is 33.6 Å². The van der Waals surface area contributed by atoms with E-state index < -0.39 is 5.54 Å². The molecule has 0 radical (unpaired) electrons. The molecular weight excluding hydrogens is 214 g/mol. The minimum absolute atomic E-state index is 0.0693. The number of aliphatic hydroxyl groups excluding tert-OH is 1. The molecule has 0 aromatic heterocycles. The summed E-state index contributed by atoms with van der Waals surface area (Å²) < 4.78 is 0. The molecule has 1 saturated heterocycles. The zero-order valence-electron chi connectivity index (χ0n) is 11.7. The highest BCUT2D eigenvalue weighted by molar-refractivity contribution is 4.81. The average molecular weight is 243 g/mol. The number of nitrogens with zero attached hydrogens (tertiary/aromatic N) is 2. The van der Waals surface area contributed by atoms with Gasteiger partial charge >= 0.3 is 0 Å². The molecule has 4 heteroatoms. The van der Waals surface area contributed by atoms with Crippen molar-refractivity contribution in [2.24, 2.45) is 5.73 Å². The van der Waals surface area contributed by atoms with Crippen LogP contribution in [0.25, 0.3) is 0 Å². The minimum atomic E-state index is -0.423. The van der Waals surface area contributed by atoms with Gasteiger partial charge in [0.15, 0.2) is 0 Å². The van der Waals surface area contributed by atoms with Crippen LogP contribution in [0, 0.1) is 0 Å². The normalized spacial score (nSPS) is 24.5. The molecule has 3 N–H and O–H groups in total. The van der Waals surface area contributed by atoms with Crippen molar-refractivity contribution in [3.8, 4) is 0 Å². The Bertz CT molecular complexity index is 213. The molecule has 0 aliphatic carbocycles. The Morgan fingerprint density at radius 2 is 1.88 bits per heavy atom. The van der Waals surface area contributed by atoms with E-state index >= 15 is 0 Å². The van der Waals surface area contributed by atoms with Gasteiger partial charge in [-0.1, -0.05) is 6.92 Å². The van der Waals surface area contributed by atoms with E-state index in [1.165, 1.54) is 6.42 Å². The molecule has 0 saturated carbocycles. The quantitative estimate of drug-likeness (QED) is 0.713. The van der Waals surface area contributed by atoms with Crippen molar-refractivity contribution >= 4 is 0 Å². The van der Waals surface area contributed by atoms with Crippen molar-refractivity contribution in [1.82, 2.24) is 9.80 Å². The standard InChI is InChI=1S/C13H29N3O/c1-4-12(2)16-9-7-15(8-10-16)6-5-13(3,14)11-17/h12,17H,4-11,14H2,1-3H3. The third-order valence-electron chi connectivity index (χ3n) is 3.98. The number of piperazine rings is 1. The molecule has 0 aromatic rings. The number of hydrogen-bond donors (Lipinski definition) is 2. The summed E-state index contributed by atoms with van der Waals surface area (Å²) in [5.74, 6) is 0. The summed E-state index contributed by atoms with van der Waals surface area (Å²) in [6.07, 6.45) is 2.10. The average Bonchev–Trinajstić information content (AvgIpc) is 2.36. The third kappa shape index (κ3) is 4.92. The van der Waals surface area contributed by atoms with Gasteiger partial charge in [-0.3, -0.25) is 4.90 Å². The smallest absolute Gasteiger partial charge is 0.0608 e. The molecule has 1 heterocycles. The predicted molar refractivity (Wildman–Crippen MR) is 72.1 cm³/mol. The largest absolute Gasteiger partial charge is 0.394 e. The van der Waals surface area contributed by atoms with Crippen LogP contribution in [-0.2, 0) is 0 Å². The summed E-state index contributed by atoms with van der Waals surface area (Å²) in [5.41, 5.74) is 5.52. The molecule has 2 atom stereocenters. The molecule has 4 nitrogen and oxygen atoms in total. The summed E-state index contributed by atoms with van der Waals surface area (Å²) in [6, 6.07) is 0.703. The van der Waals surface area contributed by atoms with E-state index in [0.717, 1.165) is 39.1 Å². The molecule has 1 fully saturated rings. The second-order valence-corrected chi connectivity index (χ2v) is 5.70. The topological polar surface area (TPSA) is 52.7 Å². The van der Waals surface area contributed by atoms with Crippen LogP contribution in [0.2, 0.25) is 0 Å². The summed E-state index contributed by atoms with van der Waals surface area (Å²) >= 11 is 0. The summed E-state index contributed by atoms with van der Waals surface area (Å²) in [7, 11) is 0. The van der Waals surface area contributed by atoms with E-state index in [1.807, 2.05) is 6.92 Å². The molecule has 0 bridgehead atoms. The number of aliphatic hydroxyl groups is 1. The lowest BCUT2D eigenvalue weighted by Crippen LogP contribution is -2.51. The van der Waals surface area contributed by atoms with Gasteiger partial charge in [-0.15, -0.1) is 0 Å². The highest BCUT2D eigenvalue weighted by atomic mass is 16.3. The van der Waals surface area contributed by atoms with E-state index in [1.54, 1.807) is 0 Å². The van der Waals surface area contributed by atoms with Gasteiger partial charge in [-0.05, 0) is 26.7 Å². The van der Waals surface area contributed by atoms with E-state index in [0.29, 0.717) is 6.04 Å². The number of rotatable bonds is 6. The molecule has 1 aliphatic heterocycles. The second-order valence-electron chi connectivity index (χ2n) is 5.70. The molecule has 0 aromatic carbocycles. The van der Waals surface area contributed by atoms with Crippen LogP contribution in [0.4, 0.5) is 0 Å². The van der Waals surface area contributed by atoms with Crippen molar-refractivity contribution in [1.29, 1.82) is 0 Å². The number of hydrogen-bond acceptors (Lipinski definition) is 4. The maximum absolute atomic E-state index is 9.12. The fourth-order valence-corrected chi connectivity index (χ4v) is 2.18. The highest BCUT2D eigenvalue weighted by Gasteiger charge is 2.22. The van der Waals surface area contributed by atoms with Gasteiger partial charge in [-0.25, -0.2) is 0 Å². The molecule has 17 heavy (non-hydrogen) atoms. The fraction of sp³-hybridized carbons (Fsp3) is 1.00. The Kier molecular flexibility index (Phi) is 5.86. The summed E-state index contributed by atoms with van der Waals surface area (Å²) in [5, 5.41) is 9.12. The van der Waals surface area contributed by atoms with Crippen molar-refractivity contribution < 1.29 is 5.11 Å². The summed E-state index contributed by atoms with van der Waals surface area (Å²) in [6.45, 7) is 12.1.